The molecule has 1 N–H and O–H groups in total. The SMILES string of the molecule is CC1CN(Cc2ccc(C(=O)NCc3ccnc(N4CCN(C)CC4)c3)cc2)CC(C)O1. The number of nitrogens with one attached hydrogen (secondary N) is 1. The minimum absolute atomic E-state index is 0.0527. The van der Waals surface area contributed by atoms with E-state index >= 15 is 0 Å². The number of piperazine rings is 1. The van der Waals surface area contributed by atoms with Crippen LogP contribution in [-0.4, -0.2) is 79.2 Å². The van der Waals surface area contributed by atoms with Gasteiger partial charge in [-0.25, -0.2) is 4.98 Å². The molecular formula is C25H35N5O2. The Morgan fingerprint density at radius 3 is 2.41 bits per heavy atom. The third-order valence-electron chi connectivity index (χ3n) is 6.21. The number of carbonyl (C=O) groups excluding carboxylic acids is 1. The Bertz CT molecular complexity index is 885. The van der Waals surface area contributed by atoms with Gasteiger partial charge in [-0.1, -0.05) is 12.1 Å². The van der Waals surface area contributed by atoms with Crippen LogP contribution in [0.15, 0.2) is 42.6 Å². The average molecular weight is 438 g/mol. The fraction of sp³-hybridized carbons (Fsp3) is 0.520. The Balaban J connectivity index is 1.29. The van der Waals surface area contributed by atoms with Crippen LogP contribution in [0.2, 0.25) is 0 Å². The second-order valence-corrected chi connectivity index (χ2v) is 9.14. The molecule has 2 aromatic rings. The van der Waals surface area contributed by atoms with E-state index in [9.17, 15) is 4.79 Å². The van der Waals surface area contributed by atoms with Crippen LogP contribution in [0.3, 0.4) is 0 Å². The summed E-state index contributed by atoms with van der Waals surface area (Å²) in [5.74, 6) is 0.934. The Morgan fingerprint density at radius 1 is 1.03 bits per heavy atom. The van der Waals surface area contributed by atoms with Gasteiger partial charge in [-0.2, -0.15) is 0 Å². The number of pyridine rings is 1. The maximum Gasteiger partial charge on any atom is 0.251 e. The minimum atomic E-state index is -0.0527. The monoisotopic (exact) mass is 437 g/mol. The van der Waals surface area contributed by atoms with E-state index in [1.54, 1.807) is 0 Å². The standard InChI is InChI=1S/C25H35N5O2/c1-19-16-29(17-20(2)32-19)18-21-4-6-23(7-5-21)25(31)27-15-22-8-9-26-24(14-22)30-12-10-28(3)11-13-30/h4-9,14,19-20H,10-13,15-18H2,1-3H3,(H,27,31). The van der Waals surface area contributed by atoms with Gasteiger partial charge < -0.3 is 19.9 Å². The van der Waals surface area contributed by atoms with Crippen molar-refractivity contribution in [1.82, 2.24) is 20.1 Å². The highest BCUT2D eigenvalue weighted by Crippen LogP contribution is 2.16. The maximum absolute atomic E-state index is 12.7. The molecule has 2 unspecified atom stereocenters. The summed E-state index contributed by atoms with van der Waals surface area (Å²) >= 11 is 0. The lowest BCUT2D eigenvalue weighted by atomic mass is 10.1. The van der Waals surface area contributed by atoms with Gasteiger partial charge in [-0.05, 0) is 56.3 Å². The van der Waals surface area contributed by atoms with E-state index in [1.165, 1.54) is 5.56 Å². The van der Waals surface area contributed by atoms with E-state index in [1.807, 2.05) is 24.4 Å². The number of carbonyl (C=O) groups is 1. The highest BCUT2D eigenvalue weighted by molar-refractivity contribution is 5.94. The van der Waals surface area contributed by atoms with E-state index < -0.39 is 0 Å². The molecule has 2 fully saturated rings. The van der Waals surface area contributed by atoms with Crippen LogP contribution in [0.5, 0.6) is 0 Å². The van der Waals surface area contributed by atoms with Crippen LogP contribution in [0.25, 0.3) is 0 Å². The van der Waals surface area contributed by atoms with Crippen molar-refractivity contribution >= 4 is 11.7 Å². The fourth-order valence-corrected chi connectivity index (χ4v) is 4.50. The molecular weight excluding hydrogens is 402 g/mol. The summed E-state index contributed by atoms with van der Waals surface area (Å²) in [6, 6.07) is 12.0. The lowest BCUT2D eigenvalue weighted by Crippen LogP contribution is -2.44. The summed E-state index contributed by atoms with van der Waals surface area (Å²) in [5, 5.41) is 3.04. The van der Waals surface area contributed by atoms with Crippen LogP contribution >= 0.6 is 0 Å². The summed E-state index contributed by atoms with van der Waals surface area (Å²) in [6.07, 6.45) is 2.35. The Hall–Kier alpha value is -2.48. The van der Waals surface area contributed by atoms with Crippen molar-refractivity contribution in [1.29, 1.82) is 0 Å². The second-order valence-electron chi connectivity index (χ2n) is 9.14. The Labute approximate surface area is 191 Å². The number of hydrogen-bond donors (Lipinski definition) is 1. The van der Waals surface area contributed by atoms with Crippen molar-refractivity contribution in [2.45, 2.75) is 39.1 Å². The number of ether oxygens (including phenoxy) is 1. The molecule has 0 radical (unpaired) electrons. The van der Waals surface area contributed by atoms with Gasteiger partial charge in [-0.3, -0.25) is 9.69 Å². The molecule has 0 aliphatic carbocycles. The molecule has 7 nitrogen and oxygen atoms in total. The van der Waals surface area contributed by atoms with Crippen LogP contribution in [-0.2, 0) is 17.8 Å². The number of amides is 1. The highest BCUT2D eigenvalue weighted by atomic mass is 16.5. The molecule has 1 aromatic heterocycles. The summed E-state index contributed by atoms with van der Waals surface area (Å²) < 4.78 is 5.81. The first-order valence-corrected chi connectivity index (χ1v) is 11.6. The molecule has 32 heavy (non-hydrogen) atoms. The van der Waals surface area contributed by atoms with Gasteiger partial charge in [-0.15, -0.1) is 0 Å². The predicted molar refractivity (Wildman–Crippen MR) is 127 cm³/mol. The van der Waals surface area contributed by atoms with E-state index in [-0.39, 0.29) is 18.1 Å². The first kappa shape index (κ1) is 22.7. The van der Waals surface area contributed by atoms with Gasteiger partial charge in [0.1, 0.15) is 5.82 Å². The van der Waals surface area contributed by atoms with Gasteiger partial charge >= 0.3 is 0 Å². The molecule has 0 saturated carbocycles. The van der Waals surface area contributed by atoms with Crippen LogP contribution in [0.4, 0.5) is 5.82 Å². The van der Waals surface area contributed by atoms with E-state index in [2.05, 4.69) is 64.1 Å². The zero-order valence-electron chi connectivity index (χ0n) is 19.5. The van der Waals surface area contributed by atoms with Crippen molar-refractivity contribution < 1.29 is 9.53 Å². The average Bonchev–Trinajstić information content (AvgIpc) is 2.78. The zero-order chi connectivity index (χ0) is 22.5. The van der Waals surface area contributed by atoms with Crippen molar-refractivity contribution in [3.63, 3.8) is 0 Å². The molecule has 1 aromatic carbocycles. The third-order valence-corrected chi connectivity index (χ3v) is 6.21. The van der Waals surface area contributed by atoms with E-state index in [4.69, 9.17) is 4.74 Å². The summed E-state index contributed by atoms with van der Waals surface area (Å²) in [4.78, 5) is 24.2. The predicted octanol–water partition coefficient (Wildman–Crippen LogP) is 2.37. The molecule has 4 rings (SSSR count). The number of hydrogen-bond acceptors (Lipinski definition) is 6. The topological polar surface area (TPSA) is 60.9 Å². The van der Waals surface area contributed by atoms with Crippen molar-refractivity contribution in [2.75, 3.05) is 51.2 Å². The molecule has 2 aliphatic heterocycles. The lowest BCUT2D eigenvalue weighted by molar-refractivity contribution is -0.0704. The normalized spacial score (nSPS) is 22.7. The molecule has 0 bridgehead atoms. The molecule has 172 valence electrons. The molecule has 1 amide bonds. The van der Waals surface area contributed by atoms with E-state index in [0.717, 1.165) is 57.2 Å². The van der Waals surface area contributed by atoms with E-state index in [0.29, 0.717) is 12.1 Å². The number of nitrogens with zero attached hydrogens (tertiary/aromatic N) is 4. The molecule has 2 aliphatic rings. The Morgan fingerprint density at radius 2 is 1.72 bits per heavy atom. The molecule has 7 heteroatoms. The number of aromatic nitrogens is 1. The first-order chi connectivity index (χ1) is 15.5. The van der Waals surface area contributed by atoms with Crippen LogP contribution in [0.1, 0.15) is 35.3 Å². The number of rotatable bonds is 6. The molecule has 2 saturated heterocycles. The number of likely N-dealkylation sites (N-methyl/N-ethyl adjacent to an activating group) is 1. The van der Waals surface area contributed by atoms with Gasteiger partial charge in [0.15, 0.2) is 0 Å². The van der Waals surface area contributed by atoms with Crippen molar-refractivity contribution in [3.05, 3.63) is 59.3 Å². The molecule has 0 spiro atoms. The lowest BCUT2D eigenvalue weighted by Gasteiger charge is -2.35. The quantitative estimate of drug-likeness (QED) is 0.749. The maximum atomic E-state index is 12.7. The Kier molecular flexibility index (Phi) is 7.40. The largest absolute Gasteiger partial charge is 0.373 e. The van der Waals surface area contributed by atoms with Gasteiger partial charge in [0.2, 0.25) is 0 Å². The highest BCUT2D eigenvalue weighted by Gasteiger charge is 2.22. The summed E-state index contributed by atoms with van der Waals surface area (Å²) in [6.45, 7) is 11.5. The smallest absolute Gasteiger partial charge is 0.251 e. The van der Waals surface area contributed by atoms with Gasteiger partial charge in [0.05, 0.1) is 12.2 Å². The minimum Gasteiger partial charge on any atom is -0.373 e. The van der Waals surface area contributed by atoms with Gasteiger partial charge in [0.25, 0.3) is 5.91 Å². The third kappa shape index (κ3) is 6.06. The van der Waals surface area contributed by atoms with Crippen molar-refractivity contribution in [3.8, 4) is 0 Å². The summed E-state index contributed by atoms with van der Waals surface area (Å²) in [7, 11) is 2.15. The second kappa shape index (κ2) is 10.4. The molecule has 2 atom stereocenters. The van der Waals surface area contributed by atoms with Crippen LogP contribution in [0, 0.1) is 0 Å². The number of anilines is 1. The molecule has 3 heterocycles. The first-order valence-electron chi connectivity index (χ1n) is 11.6. The van der Waals surface area contributed by atoms with Gasteiger partial charge in [0, 0.05) is 64.1 Å². The van der Waals surface area contributed by atoms with Crippen LogP contribution < -0.4 is 10.2 Å². The van der Waals surface area contributed by atoms with Crippen molar-refractivity contribution in [2.24, 2.45) is 0 Å². The fourth-order valence-electron chi connectivity index (χ4n) is 4.50. The number of benzene rings is 1. The number of morpholine rings is 1. The summed E-state index contributed by atoms with van der Waals surface area (Å²) in [5.41, 5.74) is 2.97. The zero-order valence-corrected chi connectivity index (χ0v) is 19.5.